The lowest BCUT2D eigenvalue weighted by atomic mass is 10.0. The number of hydrogen-bond donors (Lipinski definition) is 0. The zero-order valence-electron chi connectivity index (χ0n) is 28.4. The number of nitrogens with zero attached hydrogens (tertiary/aromatic N) is 4. The van der Waals surface area contributed by atoms with Crippen LogP contribution in [0.3, 0.4) is 0 Å². The molecule has 2 aliphatic rings. The molecule has 2 unspecified atom stereocenters. The second kappa shape index (κ2) is 16.4. The Hall–Kier alpha value is -5.02. The molecule has 49 heavy (non-hydrogen) atoms. The Kier molecular flexibility index (Phi) is 11.3. The Morgan fingerprint density at radius 3 is 1.18 bits per heavy atom. The van der Waals surface area contributed by atoms with Gasteiger partial charge in [-0.3, -0.25) is 9.59 Å². The molecule has 2 amide bonds. The van der Waals surface area contributed by atoms with Crippen LogP contribution in [0.15, 0.2) is 109 Å². The highest BCUT2D eigenvalue weighted by molar-refractivity contribution is 5.78. The molecule has 0 spiro atoms. The first-order valence-electron chi connectivity index (χ1n) is 17.1. The Balaban J connectivity index is 1.11. The van der Waals surface area contributed by atoms with E-state index in [9.17, 15) is 9.59 Å². The third-order valence-electron chi connectivity index (χ3n) is 9.53. The summed E-state index contributed by atoms with van der Waals surface area (Å²) in [4.78, 5) is 36.1. The molecule has 0 radical (unpaired) electrons. The molecule has 0 saturated carbocycles. The molecule has 2 heterocycles. The van der Waals surface area contributed by atoms with E-state index in [2.05, 4.69) is 34.1 Å². The predicted octanol–water partition coefficient (Wildman–Crippen LogP) is 5.98. The molecule has 2 aliphatic heterocycles. The molecule has 4 aromatic rings. The van der Waals surface area contributed by atoms with Crippen LogP contribution < -0.4 is 19.3 Å². The Bertz CT molecular complexity index is 1500. The van der Waals surface area contributed by atoms with Crippen LogP contribution in [0.1, 0.15) is 36.2 Å². The van der Waals surface area contributed by atoms with Crippen molar-refractivity contribution in [2.45, 2.75) is 25.0 Å². The van der Waals surface area contributed by atoms with Gasteiger partial charge >= 0.3 is 0 Å². The minimum atomic E-state index is -0.502. The molecule has 9 heteroatoms. The molecule has 2 fully saturated rings. The molecular formula is C40H46N4O5. The Morgan fingerprint density at radius 1 is 0.510 bits per heavy atom. The van der Waals surface area contributed by atoms with E-state index in [1.807, 2.05) is 94.7 Å². The number of carbonyl (C=O) groups is 2. The molecule has 4 aromatic carbocycles. The van der Waals surface area contributed by atoms with Crippen molar-refractivity contribution in [3.63, 3.8) is 0 Å². The average Bonchev–Trinajstić information content (AvgIpc) is 3.18. The van der Waals surface area contributed by atoms with E-state index in [4.69, 9.17) is 14.2 Å². The van der Waals surface area contributed by atoms with Crippen molar-refractivity contribution in [1.82, 2.24) is 9.80 Å². The maximum Gasteiger partial charge on any atom is 0.225 e. The van der Waals surface area contributed by atoms with Crippen LogP contribution in [0.25, 0.3) is 0 Å². The standard InChI is InChI=1S/C40H46N4O5/c1-47-35-17-13-33(14-18-35)41-21-25-43(26-22-41)39(45)29-37(31-9-5-3-6-10-31)49-38(32-11-7-4-8-12-32)30-40(46)44-27-23-42(24-28-44)34-15-19-36(48-2)20-16-34/h3-20,37-38H,21-30H2,1-2H3. The van der Waals surface area contributed by atoms with E-state index in [0.29, 0.717) is 26.2 Å². The van der Waals surface area contributed by atoms with Crippen molar-refractivity contribution in [1.29, 1.82) is 0 Å². The van der Waals surface area contributed by atoms with Gasteiger partial charge in [-0.15, -0.1) is 0 Å². The molecule has 2 saturated heterocycles. The zero-order valence-corrected chi connectivity index (χ0v) is 28.4. The lowest BCUT2D eigenvalue weighted by molar-refractivity contribution is -0.139. The SMILES string of the molecule is COc1ccc(N2CCN(C(=O)CC(OC(CC(=O)N3CCN(c4ccc(OC)cc4)CC3)c3ccccc3)c3ccccc3)CC2)cc1. The van der Waals surface area contributed by atoms with Crippen LogP contribution in [0.5, 0.6) is 11.5 Å². The number of benzene rings is 4. The first-order valence-corrected chi connectivity index (χ1v) is 17.1. The summed E-state index contributed by atoms with van der Waals surface area (Å²) >= 11 is 0. The fraction of sp³-hybridized carbons (Fsp3) is 0.350. The van der Waals surface area contributed by atoms with Crippen LogP contribution >= 0.6 is 0 Å². The maximum atomic E-state index is 13.8. The van der Waals surface area contributed by atoms with Gasteiger partial charge in [0.15, 0.2) is 0 Å². The Morgan fingerprint density at radius 2 is 0.857 bits per heavy atom. The third kappa shape index (κ3) is 8.72. The van der Waals surface area contributed by atoms with E-state index in [1.54, 1.807) is 14.2 Å². The largest absolute Gasteiger partial charge is 0.497 e. The van der Waals surface area contributed by atoms with Crippen LogP contribution in [-0.4, -0.2) is 88.2 Å². The molecular weight excluding hydrogens is 616 g/mol. The summed E-state index contributed by atoms with van der Waals surface area (Å²) in [5.74, 6) is 1.76. The topological polar surface area (TPSA) is 74.8 Å². The number of ether oxygens (including phenoxy) is 3. The van der Waals surface area contributed by atoms with Gasteiger partial charge in [-0.2, -0.15) is 0 Å². The van der Waals surface area contributed by atoms with Crippen molar-refractivity contribution in [2.24, 2.45) is 0 Å². The molecule has 2 atom stereocenters. The lowest BCUT2D eigenvalue weighted by Crippen LogP contribution is -2.49. The summed E-state index contributed by atoms with van der Waals surface area (Å²) < 4.78 is 17.4. The summed E-state index contributed by atoms with van der Waals surface area (Å²) in [6.45, 7) is 5.54. The van der Waals surface area contributed by atoms with Gasteiger partial charge in [0, 0.05) is 63.7 Å². The predicted molar refractivity (Wildman–Crippen MR) is 192 cm³/mol. The highest BCUT2D eigenvalue weighted by atomic mass is 16.5. The minimum Gasteiger partial charge on any atom is -0.497 e. The minimum absolute atomic E-state index is 0.0519. The number of carbonyl (C=O) groups excluding carboxylic acids is 2. The highest BCUT2D eigenvalue weighted by Crippen LogP contribution is 2.33. The van der Waals surface area contributed by atoms with Gasteiger partial charge in [0.05, 0.1) is 39.3 Å². The quantitative estimate of drug-likeness (QED) is 0.185. The van der Waals surface area contributed by atoms with Crippen LogP contribution in [-0.2, 0) is 14.3 Å². The summed E-state index contributed by atoms with van der Waals surface area (Å²) in [7, 11) is 3.33. The number of piperazine rings is 2. The zero-order chi connectivity index (χ0) is 34.0. The lowest BCUT2D eigenvalue weighted by Gasteiger charge is -2.37. The third-order valence-corrected chi connectivity index (χ3v) is 9.53. The fourth-order valence-electron chi connectivity index (χ4n) is 6.61. The van der Waals surface area contributed by atoms with Crippen molar-refractivity contribution in [2.75, 3.05) is 76.4 Å². The molecule has 256 valence electrons. The first kappa shape index (κ1) is 33.9. The van der Waals surface area contributed by atoms with Gasteiger partial charge < -0.3 is 33.8 Å². The molecule has 9 nitrogen and oxygen atoms in total. The van der Waals surface area contributed by atoms with Gasteiger partial charge in [0.25, 0.3) is 0 Å². The molecule has 0 aliphatic carbocycles. The monoisotopic (exact) mass is 662 g/mol. The normalized spacial score (nSPS) is 16.2. The molecule has 0 aromatic heterocycles. The van der Waals surface area contributed by atoms with Gasteiger partial charge in [0.1, 0.15) is 11.5 Å². The summed E-state index contributed by atoms with van der Waals surface area (Å²) in [5, 5.41) is 0. The molecule has 0 N–H and O–H groups in total. The van der Waals surface area contributed by atoms with E-state index >= 15 is 0 Å². The summed E-state index contributed by atoms with van der Waals surface area (Å²) in [5.41, 5.74) is 4.09. The van der Waals surface area contributed by atoms with E-state index in [1.165, 1.54) is 0 Å². The summed E-state index contributed by atoms with van der Waals surface area (Å²) in [6, 6.07) is 35.9. The van der Waals surface area contributed by atoms with Gasteiger partial charge in [-0.25, -0.2) is 0 Å². The van der Waals surface area contributed by atoms with Crippen molar-refractivity contribution in [3.05, 3.63) is 120 Å². The number of rotatable bonds is 12. The smallest absolute Gasteiger partial charge is 0.225 e. The van der Waals surface area contributed by atoms with Crippen molar-refractivity contribution < 1.29 is 23.8 Å². The molecule has 0 bridgehead atoms. The molecule has 6 rings (SSSR count). The van der Waals surface area contributed by atoms with Crippen LogP contribution in [0, 0.1) is 0 Å². The average molecular weight is 663 g/mol. The van der Waals surface area contributed by atoms with E-state index in [-0.39, 0.29) is 24.7 Å². The fourth-order valence-corrected chi connectivity index (χ4v) is 6.61. The first-order chi connectivity index (χ1) is 24.0. The second-order valence-corrected chi connectivity index (χ2v) is 12.5. The number of anilines is 2. The van der Waals surface area contributed by atoms with Gasteiger partial charge in [0.2, 0.25) is 11.8 Å². The van der Waals surface area contributed by atoms with Crippen molar-refractivity contribution in [3.8, 4) is 11.5 Å². The van der Waals surface area contributed by atoms with Gasteiger partial charge in [-0.1, -0.05) is 60.7 Å². The number of amides is 2. The van der Waals surface area contributed by atoms with E-state index in [0.717, 1.165) is 60.2 Å². The van der Waals surface area contributed by atoms with Crippen LogP contribution in [0.2, 0.25) is 0 Å². The van der Waals surface area contributed by atoms with Crippen molar-refractivity contribution >= 4 is 23.2 Å². The highest BCUT2D eigenvalue weighted by Gasteiger charge is 2.30. The van der Waals surface area contributed by atoms with Gasteiger partial charge in [-0.05, 0) is 59.7 Å². The number of hydrogen-bond acceptors (Lipinski definition) is 7. The van der Waals surface area contributed by atoms with E-state index < -0.39 is 12.2 Å². The maximum absolute atomic E-state index is 13.8. The second-order valence-electron chi connectivity index (χ2n) is 12.5. The number of methoxy groups -OCH3 is 2. The Labute approximate surface area is 289 Å². The summed E-state index contributed by atoms with van der Waals surface area (Å²) in [6.07, 6.45) is -0.605. The van der Waals surface area contributed by atoms with Crippen LogP contribution in [0.4, 0.5) is 11.4 Å².